The summed E-state index contributed by atoms with van der Waals surface area (Å²) in [6.45, 7) is -0.574. The normalized spacial score (nSPS) is 10.4. The van der Waals surface area contributed by atoms with Crippen LogP contribution < -0.4 is 0 Å². The summed E-state index contributed by atoms with van der Waals surface area (Å²) < 4.78 is 25.0. The molecule has 11 heavy (non-hydrogen) atoms. The molecule has 0 aromatic carbocycles. The summed E-state index contributed by atoms with van der Waals surface area (Å²) in [7, 11) is 0. The van der Waals surface area contributed by atoms with Gasteiger partial charge in [-0.1, -0.05) is 0 Å². The van der Waals surface area contributed by atoms with Crippen molar-refractivity contribution >= 4 is 28.4 Å². The van der Waals surface area contributed by atoms with Gasteiger partial charge in [0, 0.05) is 0 Å². The first-order valence-corrected chi connectivity index (χ1v) is 3.63. The van der Waals surface area contributed by atoms with Crippen LogP contribution in [0.25, 0.3) is 0 Å². The molecule has 0 aliphatic carbocycles. The van der Waals surface area contributed by atoms with Gasteiger partial charge < -0.3 is 4.74 Å². The zero-order valence-electron chi connectivity index (χ0n) is 5.31. The van der Waals surface area contributed by atoms with Gasteiger partial charge in [0.05, 0.1) is 6.42 Å². The molecule has 0 saturated carbocycles. The number of hydrogen-bond donors (Lipinski definition) is 0. The summed E-state index contributed by atoms with van der Waals surface area (Å²) in [5.74, 6) is -0.786. The zero-order valence-corrected chi connectivity index (χ0v) is 7.47. The lowest BCUT2D eigenvalue weighted by Crippen LogP contribution is -2.16. The van der Waals surface area contributed by atoms with E-state index in [4.69, 9.17) is 5.26 Å². The van der Waals surface area contributed by atoms with Gasteiger partial charge in [0.1, 0.15) is 0 Å². The van der Waals surface area contributed by atoms with Crippen molar-refractivity contribution in [1.82, 2.24) is 0 Å². The Balaban J connectivity index is 3.64. The van der Waals surface area contributed by atoms with Crippen molar-refractivity contribution in [1.29, 1.82) is 5.26 Å². The van der Waals surface area contributed by atoms with Crippen LogP contribution >= 0.6 is 22.6 Å². The van der Waals surface area contributed by atoms with E-state index >= 15 is 0 Å². The van der Waals surface area contributed by atoms with E-state index in [1.807, 2.05) is 0 Å². The third-order valence-electron chi connectivity index (χ3n) is 0.695. The Morgan fingerprint density at radius 3 is 2.64 bits per heavy atom. The second-order valence-electron chi connectivity index (χ2n) is 1.71. The predicted molar refractivity (Wildman–Crippen MR) is 40.2 cm³/mol. The van der Waals surface area contributed by atoms with E-state index in [1.165, 1.54) is 6.26 Å². The smallest absolute Gasteiger partial charge is 0.303 e. The SMILES string of the molecule is N#COCC(=O)CC(F)(F)I. The molecule has 0 aliphatic heterocycles. The van der Waals surface area contributed by atoms with Gasteiger partial charge in [-0.25, -0.2) is 0 Å². The number of ether oxygens (including phenoxy) is 1. The van der Waals surface area contributed by atoms with E-state index in [0.29, 0.717) is 0 Å². The molecule has 0 heterocycles. The molecule has 0 bridgehead atoms. The number of alkyl halides is 3. The Hall–Kier alpha value is -0.450. The molecule has 0 aromatic heterocycles. The van der Waals surface area contributed by atoms with Crippen molar-refractivity contribution in [3.63, 3.8) is 0 Å². The van der Waals surface area contributed by atoms with E-state index < -0.39 is 22.7 Å². The fourth-order valence-electron chi connectivity index (χ4n) is 0.387. The van der Waals surface area contributed by atoms with Gasteiger partial charge in [0.25, 0.3) is 6.26 Å². The highest BCUT2D eigenvalue weighted by molar-refractivity contribution is 14.1. The maximum atomic E-state index is 12.0. The van der Waals surface area contributed by atoms with Crippen molar-refractivity contribution in [2.24, 2.45) is 0 Å². The highest BCUT2D eigenvalue weighted by Crippen LogP contribution is 2.26. The molecule has 0 unspecified atom stereocenters. The van der Waals surface area contributed by atoms with E-state index in [-0.39, 0.29) is 0 Å². The van der Waals surface area contributed by atoms with Gasteiger partial charge in [0.15, 0.2) is 12.4 Å². The summed E-state index contributed by atoms with van der Waals surface area (Å²) in [5, 5.41) is 7.80. The standard InChI is InChI=1S/C5H4F2INO2/c6-5(7,8)1-4(10)2-11-3-9/h1-2H2. The summed E-state index contributed by atoms with van der Waals surface area (Å²) in [5.41, 5.74) is 0. The Kier molecular flexibility index (Phi) is 4.25. The molecule has 0 fully saturated rings. The molecule has 0 spiro atoms. The molecule has 0 rings (SSSR count). The zero-order chi connectivity index (χ0) is 8.91. The summed E-state index contributed by atoms with van der Waals surface area (Å²) in [6, 6.07) is 0. The van der Waals surface area contributed by atoms with Crippen LogP contribution in [0.3, 0.4) is 0 Å². The van der Waals surface area contributed by atoms with Crippen LogP contribution in [0.15, 0.2) is 0 Å². The average molecular weight is 275 g/mol. The van der Waals surface area contributed by atoms with Crippen LogP contribution in [0.4, 0.5) is 8.78 Å². The Morgan fingerprint density at radius 2 is 2.27 bits per heavy atom. The van der Waals surface area contributed by atoms with Crippen LogP contribution in [0.5, 0.6) is 0 Å². The Morgan fingerprint density at radius 1 is 1.73 bits per heavy atom. The summed E-state index contributed by atoms with van der Waals surface area (Å²) in [6.07, 6.45) is 0.323. The molecule has 0 aliphatic rings. The monoisotopic (exact) mass is 275 g/mol. The molecule has 3 nitrogen and oxygen atoms in total. The third-order valence-corrected chi connectivity index (χ3v) is 1.08. The van der Waals surface area contributed by atoms with E-state index in [0.717, 1.165) is 22.6 Å². The van der Waals surface area contributed by atoms with Crippen molar-refractivity contribution < 1.29 is 18.3 Å². The van der Waals surface area contributed by atoms with Crippen molar-refractivity contribution in [3.8, 4) is 6.26 Å². The fourth-order valence-corrected chi connectivity index (χ4v) is 0.813. The maximum absolute atomic E-state index is 12.0. The number of carbonyl (C=O) groups excluding carboxylic acids is 1. The summed E-state index contributed by atoms with van der Waals surface area (Å²) >= 11 is 0.851. The molecule has 0 amide bonds. The van der Waals surface area contributed by atoms with Crippen LogP contribution in [0.1, 0.15) is 6.42 Å². The Bertz CT molecular complexity index is 184. The first-order chi connectivity index (χ1) is 4.95. The highest BCUT2D eigenvalue weighted by atomic mass is 127. The minimum absolute atomic E-state index is 0.574. The number of Topliss-reactive ketones (excluding diaryl/α,β-unsaturated/α-hetero) is 1. The molecular weight excluding hydrogens is 271 g/mol. The maximum Gasteiger partial charge on any atom is 0.303 e. The largest absolute Gasteiger partial charge is 0.419 e. The first kappa shape index (κ1) is 10.6. The van der Waals surface area contributed by atoms with Crippen LogP contribution in [-0.2, 0) is 9.53 Å². The molecule has 0 saturated heterocycles. The van der Waals surface area contributed by atoms with Crippen LogP contribution in [0, 0.1) is 11.5 Å². The number of halogens is 3. The van der Waals surface area contributed by atoms with Gasteiger partial charge >= 0.3 is 3.93 Å². The summed E-state index contributed by atoms with van der Waals surface area (Å²) in [4.78, 5) is 10.5. The fraction of sp³-hybridized carbons (Fsp3) is 0.600. The van der Waals surface area contributed by atoms with Gasteiger partial charge in [-0.05, 0) is 22.6 Å². The number of nitriles is 1. The minimum Gasteiger partial charge on any atom is -0.419 e. The second-order valence-corrected chi connectivity index (χ2v) is 3.29. The van der Waals surface area contributed by atoms with Crippen LogP contribution in [-0.4, -0.2) is 16.3 Å². The first-order valence-electron chi connectivity index (χ1n) is 2.55. The van der Waals surface area contributed by atoms with E-state index in [1.54, 1.807) is 0 Å². The molecule has 0 atom stereocenters. The van der Waals surface area contributed by atoms with Crippen molar-refractivity contribution in [3.05, 3.63) is 0 Å². The van der Waals surface area contributed by atoms with Crippen molar-refractivity contribution in [2.45, 2.75) is 10.4 Å². The lowest BCUT2D eigenvalue weighted by atomic mass is 10.3. The highest BCUT2D eigenvalue weighted by Gasteiger charge is 2.27. The lowest BCUT2D eigenvalue weighted by molar-refractivity contribution is -0.124. The number of ketones is 1. The van der Waals surface area contributed by atoms with E-state index in [2.05, 4.69) is 4.74 Å². The molecular formula is C5H4F2INO2. The number of hydrogen-bond acceptors (Lipinski definition) is 3. The predicted octanol–water partition coefficient (Wildman–Crippen LogP) is 1.47. The minimum atomic E-state index is -3.05. The molecule has 0 aromatic rings. The average Bonchev–Trinajstić information content (AvgIpc) is 1.79. The number of nitrogens with zero attached hydrogens (tertiary/aromatic N) is 1. The van der Waals surface area contributed by atoms with Gasteiger partial charge in [-0.3, -0.25) is 4.79 Å². The van der Waals surface area contributed by atoms with Crippen LogP contribution in [0.2, 0.25) is 0 Å². The van der Waals surface area contributed by atoms with Gasteiger partial charge in [-0.15, -0.1) is 0 Å². The Labute approximate surface area is 75.5 Å². The van der Waals surface area contributed by atoms with E-state index in [9.17, 15) is 13.6 Å². The second kappa shape index (κ2) is 4.43. The third kappa shape index (κ3) is 7.45. The van der Waals surface area contributed by atoms with Crippen molar-refractivity contribution in [2.75, 3.05) is 6.61 Å². The van der Waals surface area contributed by atoms with Gasteiger partial charge in [0.2, 0.25) is 0 Å². The molecule has 0 radical (unpaired) electrons. The van der Waals surface area contributed by atoms with Gasteiger partial charge in [-0.2, -0.15) is 14.0 Å². The number of rotatable bonds is 4. The molecule has 62 valence electrons. The molecule has 6 heteroatoms. The number of carbonyl (C=O) groups is 1. The quantitative estimate of drug-likeness (QED) is 0.443. The lowest BCUT2D eigenvalue weighted by Gasteiger charge is -2.04. The topological polar surface area (TPSA) is 50.1 Å². The molecule has 0 N–H and O–H groups in total.